The summed E-state index contributed by atoms with van der Waals surface area (Å²) in [6, 6.07) is 10.3. The van der Waals surface area contributed by atoms with Crippen LogP contribution in [-0.2, 0) is 15.8 Å². The minimum Gasteiger partial charge on any atom is -0.540 e. The lowest BCUT2D eigenvalue weighted by Gasteiger charge is -2.26. The topological polar surface area (TPSA) is 18.5 Å². The maximum atomic E-state index is 6.19. The maximum Gasteiger partial charge on any atom is 0.242 e. The first kappa shape index (κ1) is 19.3. The quantitative estimate of drug-likeness (QED) is 0.338. The largest absolute Gasteiger partial charge is 0.540 e. The van der Waals surface area contributed by atoms with Crippen molar-refractivity contribution in [2.75, 3.05) is 6.61 Å². The molecule has 0 spiro atoms. The van der Waals surface area contributed by atoms with E-state index in [-0.39, 0.29) is 4.75 Å². The number of hydrogen-bond donors (Lipinski definition) is 0. The van der Waals surface area contributed by atoms with Crippen molar-refractivity contribution in [3.63, 3.8) is 0 Å². The van der Waals surface area contributed by atoms with Gasteiger partial charge < -0.3 is 9.16 Å². The van der Waals surface area contributed by atoms with E-state index in [9.17, 15) is 0 Å². The molecule has 4 heteroatoms. The predicted molar refractivity (Wildman–Crippen MR) is 101 cm³/mol. The fraction of sp³-hybridized carbons (Fsp3) is 0.556. The van der Waals surface area contributed by atoms with Gasteiger partial charge in [-0.2, -0.15) is 0 Å². The molecule has 0 atom stereocenters. The van der Waals surface area contributed by atoms with Gasteiger partial charge in [0.15, 0.2) is 0 Å². The Labute approximate surface area is 141 Å². The van der Waals surface area contributed by atoms with Crippen LogP contribution in [0.15, 0.2) is 41.5 Å². The molecule has 0 aliphatic rings. The van der Waals surface area contributed by atoms with E-state index in [4.69, 9.17) is 9.16 Å². The average molecular weight is 339 g/mol. The van der Waals surface area contributed by atoms with Crippen LogP contribution in [0.4, 0.5) is 0 Å². The second-order valence-electron chi connectivity index (χ2n) is 7.28. The monoisotopic (exact) mass is 338 g/mol. The van der Waals surface area contributed by atoms with E-state index in [1.165, 1.54) is 5.56 Å². The molecule has 0 saturated carbocycles. The number of thioether (sulfide) groups is 1. The Hall–Kier alpha value is -0.713. The van der Waals surface area contributed by atoms with Gasteiger partial charge in [-0.15, -0.1) is 0 Å². The molecular weight excluding hydrogens is 308 g/mol. The van der Waals surface area contributed by atoms with Crippen LogP contribution >= 0.6 is 11.8 Å². The third-order valence-electron chi connectivity index (χ3n) is 2.50. The molecule has 0 radical (unpaired) electrons. The molecule has 0 heterocycles. The Morgan fingerprint density at radius 1 is 1.14 bits per heavy atom. The number of ether oxygens (including phenoxy) is 1. The Bertz CT molecular complexity index is 440. The van der Waals surface area contributed by atoms with Crippen molar-refractivity contribution >= 4 is 20.1 Å². The fourth-order valence-corrected chi connectivity index (χ4v) is 4.14. The Kier molecular flexibility index (Phi) is 7.73. The SMILES string of the molecule is CC(C)(C)S/C(=C\CCOCc1ccccc1)O[Si](C)(C)C. The summed E-state index contributed by atoms with van der Waals surface area (Å²) in [5.74, 6) is 0. The lowest BCUT2D eigenvalue weighted by Crippen LogP contribution is -2.25. The summed E-state index contributed by atoms with van der Waals surface area (Å²) in [6.07, 6.45) is 3.06. The van der Waals surface area contributed by atoms with Crippen molar-refractivity contribution in [3.8, 4) is 0 Å². The zero-order valence-corrected chi connectivity index (χ0v) is 16.6. The summed E-state index contributed by atoms with van der Waals surface area (Å²) >= 11 is 1.80. The smallest absolute Gasteiger partial charge is 0.242 e. The van der Waals surface area contributed by atoms with E-state index in [0.717, 1.165) is 18.1 Å². The van der Waals surface area contributed by atoms with Gasteiger partial charge in [0.1, 0.15) is 5.09 Å². The van der Waals surface area contributed by atoms with Gasteiger partial charge in [-0.3, -0.25) is 0 Å². The molecule has 1 aromatic carbocycles. The Morgan fingerprint density at radius 3 is 2.32 bits per heavy atom. The molecule has 0 fully saturated rings. The van der Waals surface area contributed by atoms with Gasteiger partial charge in [-0.05, 0) is 37.7 Å². The zero-order chi connectivity index (χ0) is 16.6. The van der Waals surface area contributed by atoms with Crippen LogP contribution in [-0.4, -0.2) is 19.7 Å². The van der Waals surface area contributed by atoms with Crippen LogP contribution in [0.5, 0.6) is 0 Å². The molecule has 0 aliphatic heterocycles. The highest BCUT2D eigenvalue weighted by Gasteiger charge is 2.21. The third-order valence-corrected chi connectivity index (χ3v) is 4.54. The second-order valence-corrected chi connectivity index (χ2v) is 13.5. The van der Waals surface area contributed by atoms with E-state index in [2.05, 4.69) is 58.6 Å². The van der Waals surface area contributed by atoms with E-state index < -0.39 is 8.32 Å². The lowest BCUT2D eigenvalue weighted by atomic mass is 10.2. The Morgan fingerprint density at radius 2 is 1.77 bits per heavy atom. The van der Waals surface area contributed by atoms with Gasteiger partial charge in [0, 0.05) is 4.75 Å². The van der Waals surface area contributed by atoms with Crippen LogP contribution in [0.1, 0.15) is 32.8 Å². The molecular formula is C18H30O2SSi. The highest BCUT2D eigenvalue weighted by atomic mass is 32.2. The molecule has 0 amide bonds. The van der Waals surface area contributed by atoms with Crippen molar-refractivity contribution < 1.29 is 9.16 Å². The molecule has 0 aromatic heterocycles. The first-order chi connectivity index (χ1) is 10.2. The van der Waals surface area contributed by atoms with Gasteiger partial charge in [0.2, 0.25) is 8.32 Å². The molecule has 0 unspecified atom stereocenters. The molecule has 2 nitrogen and oxygen atoms in total. The van der Waals surface area contributed by atoms with Crippen LogP contribution in [0.2, 0.25) is 19.6 Å². The zero-order valence-electron chi connectivity index (χ0n) is 14.8. The summed E-state index contributed by atoms with van der Waals surface area (Å²) in [6.45, 7) is 14.7. The molecule has 0 bridgehead atoms. The van der Waals surface area contributed by atoms with Crippen molar-refractivity contribution in [3.05, 3.63) is 47.1 Å². The van der Waals surface area contributed by atoms with Crippen LogP contribution in [0, 0.1) is 0 Å². The molecule has 124 valence electrons. The second kappa shape index (κ2) is 8.80. The normalized spacial score (nSPS) is 13.3. The summed E-state index contributed by atoms with van der Waals surface area (Å²) < 4.78 is 12.1. The molecule has 0 N–H and O–H groups in total. The predicted octanol–water partition coefficient (Wildman–Crippen LogP) is 5.82. The fourth-order valence-electron chi connectivity index (χ4n) is 1.73. The standard InChI is InChI=1S/C18H30O2SSi/c1-18(2,3)21-17(20-22(4,5)6)13-10-14-19-15-16-11-8-7-9-12-16/h7-9,11-13H,10,14-15H2,1-6H3/b17-13-. The highest BCUT2D eigenvalue weighted by Crippen LogP contribution is 2.33. The summed E-state index contributed by atoms with van der Waals surface area (Å²) in [7, 11) is -1.57. The number of rotatable bonds is 8. The number of benzene rings is 1. The summed E-state index contributed by atoms with van der Waals surface area (Å²) in [5, 5.41) is 1.05. The van der Waals surface area contributed by atoms with Crippen molar-refractivity contribution in [1.82, 2.24) is 0 Å². The first-order valence-electron chi connectivity index (χ1n) is 7.86. The van der Waals surface area contributed by atoms with E-state index in [1.807, 2.05) is 18.2 Å². The molecule has 1 aromatic rings. The van der Waals surface area contributed by atoms with Crippen molar-refractivity contribution in [2.45, 2.75) is 58.2 Å². The van der Waals surface area contributed by atoms with E-state index >= 15 is 0 Å². The van der Waals surface area contributed by atoms with Crippen LogP contribution in [0.25, 0.3) is 0 Å². The van der Waals surface area contributed by atoms with Crippen molar-refractivity contribution in [2.24, 2.45) is 0 Å². The highest BCUT2D eigenvalue weighted by molar-refractivity contribution is 8.04. The Balaban J connectivity index is 2.43. The molecule has 22 heavy (non-hydrogen) atoms. The molecule has 0 saturated heterocycles. The molecule has 0 aliphatic carbocycles. The lowest BCUT2D eigenvalue weighted by molar-refractivity contribution is 0.125. The maximum absolute atomic E-state index is 6.19. The third kappa shape index (κ3) is 10.1. The van der Waals surface area contributed by atoms with Crippen LogP contribution in [0.3, 0.4) is 0 Å². The van der Waals surface area contributed by atoms with Gasteiger partial charge >= 0.3 is 0 Å². The van der Waals surface area contributed by atoms with Crippen molar-refractivity contribution in [1.29, 1.82) is 0 Å². The van der Waals surface area contributed by atoms with Gasteiger partial charge in [-0.25, -0.2) is 0 Å². The molecule has 1 rings (SSSR count). The minimum atomic E-state index is -1.57. The van der Waals surface area contributed by atoms with Gasteiger partial charge in [0.25, 0.3) is 0 Å². The van der Waals surface area contributed by atoms with E-state index in [0.29, 0.717) is 6.61 Å². The minimum absolute atomic E-state index is 0.163. The number of hydrogen-bond acceptors (Lipinski definition) is 3. The van der Waals surface area contributed by atoms with Gasteiger partial charge in [0.05, 0.1) is 13.2 Å². The summed E-state index contributed by atoms with van der Waals surface area (Å²) in [4.78, 5) is 0. The average Bonchev–Trinajstić information content (AvgIpc) is 2.35. The first-order valence-corrected chi connectivity index (χ1v) is 12.1. The van der Waals surface area contributed by atoms with Crippen LogP contribution < -0.4 is 0 Å². The summed E-state index contributed by atoms with van der Waals surface area (Å²) in [5.41, 5.74) is 1.22. The van der Waals surface area contributed by atoms with E-state index in [1.54, 1.807) is 11.8 Å². The van der Waals surface area contributed by atoms with Gasteiger partial charge in [-0.1, -0.05) is 62.9 Å².